The number of ether oxygens (including phenoxy) is 2. The molecule has 1 amide bonds. The molecular formula is C24H21N3O5S. The molecule has 9 heteroatoms. The van der Waals surface area contributed by atoms with E-state index in [1.807, 2.05) is 24.3 Å². The zero-order chi connectivity index (χ0) is 23.0. The van der Waals surface area contributed by atoms with Gasteiger partial charge in [-0.3, -0.25) is 9.48 Å². The summed E-state index contributed by atoms with van der Waals surface area (Å²) >= 11 is 0. The molecule has 0 spiro atoms. The summed E-state index contributed by atoms with van der Waals surface area (Å²) in [7, 11) is -3.26. The van der Waals surface area contributed by atoms with Crippen molar-refractivity contribution in [2.24, 2.45) is 0 Å². The van der Waals surface area contributed by atoms with Crippen molar-refractivity contribution in [2.75, 3.05) is 24.8 Å². The van der Waals surface area contributed by atoms with E-state index in [0.29, 0.717) is 42.6 Å². The second-order valence-corrected chi connectivity index (χ2v) is 9.77. The van der Waals surface area contributed by atoms with Gasteiger partial charge in [0, 0.05) is 23.4 Å². The summed E-state index contributed by atoms with van der Waals surface area (Å²) < 4.78 is 36.3. The molecule has 1 N–H and O–H groups in total. The van der Waals surface area contributed by atoms with E-state index in [2.05, 4.69) is 10.4 Å². The zero-order valence-electron chi connectivity index (χ0n) is 17.8. The van der Waals surface area contributed by atoms with Gasteiger partial charge < -0.3 is 14.8 Å². The Labute approximate surface area is 190 Å². The number of carbonyl (C=O) groups is 1. The number of carbonyl (C=O) groups excluding carboxylic acids is 1. The molecule has 0 radical (unpaired) electrons. The maximum Gasteiger partial charge on any atom is 0.276 e. The molecule has 0 bridgehead atoms. The predicted molar refractivity (Wildman–Crippen MR) is 124 cm³/mol. The van der Waals surface area contributed by atoms with E-state index >= 15 is 0 Å². The van der Waals surface area contributed by atoms with E-state index < -0.39 is 9.84 Å². The first-order valence-electron chi connectivity index (χ1n) is 10.3. The number of nitrogens with one attached hydrogen (secondary N) is 1. The molecule has 2 heterocycles. The highest BCUT2D eigenvalue weighted by Gasteiger charge is 2.19. The number of amides is 1. The number of hydrogen-bond acceptors (Lipinski definition) is 6. The predicted octanol–water partition coefficient (Wildman–Crippen LogP) is 3.51. The van der Waals surface area contributed by atoms with Gasteiger partial charge in [0.15, 0.2) is 27.0 Å². The topological polar surface area (TPSA) is 99.5 Å². The third kappa shape index (κ3) is 4.27. The number of sulfone groups is 1. The fourth-order valence-electron chi connectivity index (χ4n) is 3.74. The molecule has 8 nitrogen and oxygen atoms in total. The van der Waals surface area contributed by atoms with Gasteiger partial charge in [0.1, 0.15) is 13.2 Å². The van der Waals surface area contributed by atoms with Gasteiger partial charge >= 0.3 is 0 Å². The number of hydrogen-bond donors (Lipinski definition) is 1. The fourth-order valence-corrected chi connectivity index (χ4v) is 4.37. The van der Waals surface area contributed by atoms with Crippen molar-refractivity contribution in [2.45, 2.75) is 11.4 Å². The van der Waals surface area contributed by atoms with E-state index in [9.17, 15) is 13.2 Å². The molecule has 1 aliphatic rings. The normalized spacial score (nSPS) is 13.1. The lowest BCUT2D eigenvalue weighted by atomic mass is 10.2. The highest BCUT2D eigenvalue weighted by molar-refractivity contribution is 7.90. The molecule has 0 aliphatic carbocycles. The highest BCUT2D eigenvalue weighted by atomic mass is 32.2. The summed E-state index contributed by atoms with van der Waals surface area (Å²) in [5.41, 5.74) is 2.55. The molecule has 4 aromatic rings. The summed E-state index contributed by atoms with van der Waals surface area (Å²) in [5, 5.41) is 8.18. The molecule has 0 unspecified atom stereocenters. The molecule has 0 atom stereocenters. The molecule has 3 aromatic carbocycles. The third-order valence-electron chi connectivity index (χ3n) is 5.36. The second-order valence-electron chi connectivity index (χ2n) is 7.75. The standard InChI is InChI=1S/C24H21N3O5S/c1-33(29,30)18-9-6-16(7-10-18)15-27-20-5-3-2-4-19(20)23(26-27)24(28)25-17-8-11-21-22(14-17)32-13-12-31-21/h2-11,14H,12-13,15H2,1H3,(H,25,28). The lowest BCUT2D eigenvalue weighted by molar-refractivity contribution is 0.102. The second kappa shape index (κ2) is 8.25. The lowest BCUT2D eigenvalue weighted by Crippen LogP contribution is -2.17. The van der Waals surface area contributed by atoms with Crippen LogP contribution in [0.2, 0.25) is 0 Å². The average molecular weight is 464 g/mol. The number of para-hydroxylation sites is 1. The van der Waals surface area contributed by atoms with Crippen LogP contribution in [0.15, 0.2) is 71.6 Å². The SMILES string of the molecule is CS(=O)(=O)c1ccc(Cn2nc(C(=O)Nc3ccc4c(c3)OCCO4)c3ccccc32)cc1. The van der Waals surface area contributed by atoms with Crippen molar-refractivity contribution in [3.8, 4) is 11.5 Å². The number of aromatic nitrogens is 2. The first-order valence-corrected chi connectivity index (χ1v) is 12.2. The van der Waals surface area contributed by atoms with Gasteiger partial charge in [0.25, 0.3) is 5.91 Å². The quantitative estimate of drug-likeness (QED) is 0.486. The largest absolute Gasteiger partial charge is 0.486 e. The molecule has 1 aromatic heterocycles. The lowest BCUT2D eigenvalue weighted by Gasteiger charge is -2.18. The Bertz CT molecular complexity index is 1460. The fraction of sp³-hybridized carbons (Fsp3) is 0.167. The van der Waals surface area contributed by atoms with Crippen LogP contribution in [0.5, 0.6) is 11.5 Å². The zero-order valence-corrected chi connectivity index (χ0v) is 18.6. The van der Waals surface area contributed by atoms with E-state index in [-0.39, 0.29) is 10.8 Å². The molecule has 168 valence electrons. The number of nitrogens with zero attached hydrogens (tertiary/aromatic N) is 2. The van der Waals surface area contributed by atoms with E-state index in [1.165, 1.54) is 6.26 Å². The van der Waals surface area contributed by atoms with Crippen LogP contribution in [0.1, 0.15) is 16.1 Å². The number of benzene rings is 3. The van der Waals surface area contributed by atoms with Crippen LogP contribution in [0, 0.1) is 0 Å². The first kappa shape index (κ1) is 21.0. The molecule has 33 heavy (non-hydrogen) atoms. The van der Waals surface area contributed by atoms with Crippen LogP contribution in [0.4, 0.5) is 5.69 Å². The van der Waals surface area contributed by atoms with Gasteiger partial charge in [-0.15, -0.1) is 0 Å². The molecular weight excluding hydrogens is 442 g/mol. The smallest absolute Gasteiger partial charge is 0.276 e. The maximum absolute atomic E-state index is 13.1. The van der Waals surface area contributed by atoms with Crippen LogP contribution >= 0.6 is 0 Å². The highest BCUT2D eigenvalue weighted by Crippen LogP contribution is 2.33. The number of rotatable bonds is 5. The Morgan fingerprint density at radius 2 is 1.73 bits per heavy atom. The van der Waals surface area contributed by atoms with Crippen molar-refractivity contribution in [3.05, 3.63) is 78.0 Å². The van der Waals surface area contributed by atoms with E-state index in [0.717, 1.165) is 16.5 Å². The van der Waals surface area contributed by atoms with Crippen LogP contribution in [0.25, 0.3) is 10.9 Å². The maximum atomic E-state index is 13.1. The average Bonchev–Trinajstić information content (AvgIpc) is 3.17. The minimum absolute atomic E-state index is 0.260. The first-order chi connectivity index (χ1) is 15.9. The van der Waals surface area contributed by atoms with Crippen LogP contribution in [-0.2, 0) is 16.4 Å². The Hall–Kier alpha value is -3.85. The van der Waals surface area contributed by atoms with Crippen LogP contribution in [-0.4, -0.2) is 43.6 Å². The van der Waals surface area contributed by atoms with Crippen LogP contribution < -0.4 is 14.8 Å². The monoisotopic (exact) mass is 463 g/mol. The van der Waals surface area contributed by atoms with Gasteiger partial charge in [-0.1, -0.05) is 30.3 Å². The molecule has 0 saturated heterocycles. The Morgan fingerprint density at radius 3 is 2.48 bits per heavy atom. The van der Waals surface area contributed by atoms with Gasteiger partial charge in [-0.2, -0.15) is 5.10 Å². The summed E-state index contributed by atoms with van der Waals surface area (Å²) in [5.74, 6) is 0.900. The van der Waals surface area contributed by atoms with Crippen molar-refractivity contribution in [3.63, 3.8) is 0 Å². The van der Waals surface area contributed by atoms with Gasteiger partial charge in [-0.05, 0) is 35.9 Å². The summed E-state index contributed by atoms with van der Waals surface area (Å²) in [6.45, 7) is 1.35. The van der Waals surface area contributed by atoms with Gasteiger partial charge in [0.2, 0.25) is 0 Å². The summed E-state index contributed by atoms with van der Waals surface area (Å²) in [6, 6.07) is 19.4. The van der Waals surface area contributed by atoms with Crippen molar-refractivity contribution in [1.82, 2.24) is 9.78 Å². The van der Waals surface area contributed by atoms with Crippen molar-refractivity contribution in [1.29, 1.82) is 0 Å². The third-order valence-corrected chi connectivity index (χ3v) is 6.49. The molecule has 1 aliphatic heterocycles. The van der Waals surface area contributed by atoms with E-state index in [4.69, 9.17) is 9.47 Å². The summed E-state index contributed by atoms with van der Waals surface area (Å²) in [6.07, 6.45) is 1.18. The Morgan fingerprint density at radius 1 is 1.00 bits per heavy atom. The molecule has 5 rings (SSSR count). The van der Waals surface area contributed by atoms with E-state index in [1.54, 1.807) is 47.1 Å². The minimum Gasteiger partial charge on any atom is -0.486 e. The van der Waals surface area contributed by atoms with Crippen LogP contribution in [0.3, 0.4) is 0 Å². The van der Waals surface area contributed by atoms with Gasteiger partial charge in [-0.25, -0.2) is 8.42 Å². The summed E-state index contributed by atoms with van der Waals surface area (Å²) in [4.78, 5) is 13.4. The molecule has 0 saturated carbocycles. The van der Waals surface area contributed by atoms with Crippen molar-refractivity contribution < 1.29 is 22.7 Å². The Kier molecular flexibility index (Phi) is 5.26. The Balaban J connectivity index is 1.43. The number of anilines is 1. The number of fused-ring (bicyclic) bond motifs is 2. The minimum atomic E-state index is -3.26. The molecule has 0 fully saturated rings. The van der Waals surface area contributed by atoms with Crippen molar-refractivity contribution >= 4 is 32.3 Å². The van der Waals surface area contributed by atoms with Gasteiger partial charge in [0.05, 0.1) is 17.0 Å².